The van der Waals surface area contributed by atoms with E-state index in [9.17, 15) is 0 Å². The Labute approximate surface area is 95.2 Å². The minimum Gasteiger partial charge on any atom is -0.384 e. The highest BCUT2D eigenvalue weighted by Gasteiger charge is 2.12. The van der Waals surface area contributed by atoms with Crippen molar-refractivity contribution < 1.29 is 0 Å². The van der Waals surface area contributed by atoms with Crippen molar-refractivity contribution in [2.45, 2.75) is 25.8 Å². The number of nitrogen functional groups attached to an aromatic ring is 1. The number of hydrogen-bond donors (Lipinski definition) is 1. The summed E-state index contributed by atoms with van der Waals surface area (Å²) in [6, 6.07) is 3.56. The van der Waals surface area contributed by atoms with Crippen LogP contribution in [-0.4, -0.2) is 23.0 Å². The summed E-state index contributed by atoms with van der Waals surface area (Å²) in [7, 11) is 0. The number of anilines is 1. The molecule has 2 N–H and O–H groups in total. The van der Waals surface area contributed by atoms with Crippen molar-refractivity contribution in [3.8, 4) is 0 Å². The highest BCUT2D eigenvalue weighted by Crippen LogP contribution is 2.19. The fraction of sp³-hybridized carbons (Fsp3) is 0.545. The topological polar surface area (TPSA) is 42.1 Å². The van der Waals surface area contributed by atoms with E-state index in [1.54, 1.807) is 6.07 Å². The van der Waals surface area contributed by atoms with Crippen LogP contribution in [0.2, 0.25) is 5.02 Å². The molecule has 2 rings (SSSR count). The van der Waals surface area contributed by atoms with Gasteiger partial charge in [0.1, 0.15) is 5.82 Å². The van der Waals surface area contributed by atoms with Crippen molar-refractivity contribution >= 4 is 17.4 Å². The fourth-order valence-electron chi connectivity index (χ4n) is 1.94. The number of rotatable bonds is 2. The minimum absolute atomic E-state index is 0.548. The van der Waals surface area contributed by atoms with Gasteiger partial charge in [0.25, 0.3) is 0 Å². The number of nitrogens with two attached hydrogens (primary N) is 1. The molecule has 0 aliphatic carbocycles. The Bertz CT molecular complexity index is 335. The summed E-state index contributed by atoms with van der Waals surface area (Å²) in [5, 5.41) is 0.717. The smallest absolute Gasteiger partial charge is 0.123 e. The second-order valence-corrected chi connectivity index (χ2v) is 4.41. The Morgan fingerprint density at radius 2 is 2.00 bits per heavy atom. The quantitative estimate of drug-likeness (QED) is 0.840. The molecule has 82 valence electrons. The highest BCUT2D eigenvalue weighted by molar-refractivity contribution is 6.31. The molecule has 0 atom stereocenters. The normalized spacial score (nSPS) is 17.9. The number of halogens is 1. The van der Waals surface area contributed by atoms with Gasteiger partial charge in [-0.1, -0.05) is 18.0 Å². The van der Waals surface area contributed by atoms with Gasteiger partial charge in [-0.25, -0.2) is 4.98 Å². The lowest BCUT2D eigenvalue weighted by atomic mass is 10.1. The Morgan fingerprint density at radius 3 is 2.73 bits per heavy atom. The van der Waals surface area contributed by atoms with Crippen LogP contribution < -0.4 is 5.73 Å². The maximum Gasteiger partial charge on any atom is 0.123 e. The molecule has 0 unspecified atom stereocenters. The summed E-state index contributed by atoms with van der Waals surface area (Å²) in [4.78, 5) is 6.66. The van der Waals surface area contributed by atoms with Crippen molar-refractivity contribution in [3.63, 3.8) is 0 Å². The molecule has 1 aliphatic heterocycles. The highest BCUT2D eigenvalue weighted by atomic mass is 35.5. The molecule has 1 saturated heterocycles. The lowest BCUT2D eigenvalue weighted by Crippen LogP contribution is -2.29. The number of likely N-dealkylation sites (tertiary alicyclic amines) is 1. The van der Waals surface area contributed by atoms with E-state index < -0.39 is 0 Å². The third-order valence-corrected chi connectivity index (χ3v) is 3.11. The Balaban J connectivity index is 2.05. The first-order valence-corrected chi connectivity index (χ1v) is 5.77. The van der Waals surface area contributed by atoms with Crippen molar-refractivity contribution in [1.29, 1.82) is 0 Å². The second kappa shape index (κ2) is 4.81. The molecule has 0 spiro atoms. The van der Waals surface area contributed by atoms with Crippen LogP contribution in [0.1, 0.15) is 25.0 Å². The number of aromatic nitrogens is 1. The molecule has 15 heavy (non-hydrogen) atoms. The molecule has 0 saturated carbocycles. The van der Waals surface area contributed by atoms with E-state index in [2.05, 4.69) is 9.88 Å². The van der Waals surface area contributed by atoms with Gasteiger partial charge in [-0.2, -0.15) is 0 Å². The molecule has 0 aromatic carbocycles. The average Bonchev–Trinajstić information content (AvgIpc) is 2.25. The van der Waals surface area contributed by atoms with Crippen molar-refractivity contribution in [2.24, 2.45) is 0 Å². The van der Waals surface area contributed by atoms with Crippen LogP contribution in [0.5, 0.6) is 0 Å². The molecule has 1 aliphatic rings. The molecular formula is C11H16ClN3. The summed E-state index contributed by atoms with van der Waals surface area (Å²) in [6.07, 6.45) is 3.90. The summed E-state index contributed by atoms with van der Waals surface area (Å²) in [5.41, 5.74) is 6.55. The predicted octanol–water partition coefficient (Wildman–Crippen LogP) is 2.30. The van der Waals surface area contributed by atoms with E-state index in [-0.39, 0.29) is 0 Å². The molecule has 1 aromatic rings. The first-order chi connectivity index (χ1) is 7.25. The van der Waals surface area contributed by atoms with Gasteiger partial charge in [0.2, 0.25) is 0 Å². The van der Waals surface area contributed by atoms with Gasteiger partial charge in [0.05, 0.1) is 10.7 Å². The molecular weight excluding hydrogens is 210 g/mol. The Kier molecular flexibility index (Phi) is 3.44. The van der Waals surface area contributed by atoms with E-state index in [4.69, 9.17) is 17.3 Å². The molecule has 4 heteroatoms. The van der Waals surface area contributed by atoms with Crippen molar-refractivity contribution in [3.05, 3.63) is 22.8 Å². The predicted molar refractivity (Wildman–Crippen MR) is 62.8 cm³/mol. The second-order valence-electron chi connectivity index (χ2n) is 4.00. The van der Waals surface area contributed by atoms with E-state index in [1.807, 2.05) is 6.07 Å². The standard InChI is InChI=1S/C11H16ClN3/c12-9-4-5-11(13)14-10(9)8-15-6-2-1-3-7-15/h4-5H,1-3,6-8H2,(H2,13,14). The lowest BCUT2D eigenvalue weighted by molar-refractivity contribution is 0.218. The maximum atomic E-state index is 6.07. The van der Waals surface area contributed by atoms with Crippen LogP contribution in [0.25, 0.3) is 0 Å². The molecule has 0 radical (unpaired) electrons. The Hall–Kier alpha value is -0.800. The van der Waals surface area contributed by atoms with E-state index in [0.717, 1.165) is 30.4 Å². The van der Waals surface area contributed by atoms with Gasteiger partial charge in [-0.05, 0) is 38.1 Å². The minimum atomic E-state index is 0.548. The lowest BCUT2D eigenvalue weighted by Gasteiger charge is -2.26. The largest absolute Gasteiger partial charge is 0.384 e. The van der Waals surface area contributed by atoms with Crippen molar-refractivity contribution in [1.82, 2.24) is 9.88 Å². The number of piperidine rings is 1. The van der Waals surface area contributed by atoms with Crippen LogP contribution in [0, 0.1) is 0 Å². The van der Waals surface area contributed by atoms with Gasteiger partial charge in [-0.15, -0.1) is 0 Å². The maximum absolute atomic E-state index is 6.07. The zero-order valence-corrected chi connectivity index (χ0v) is 9.50. The molecule has 3 nitrogen and oxygen atoms in total. The van der Waals surface area contributed by atoms with Gasteiger partial charge >= 0.3 is 0 Å². The summed E-state index contributed by atoms with van der Waals surface area (Å²) in [5.74, 6) is 0.548. The zero-order valence-electron chi connectivity index (χ0n) is 8.75. The van der Waals surface area contributed by atoms with Crippen LogP contribution >= 0.6 is 11.6 Å². The molecule has 0 amide bonds. The van der Waals surface area contributed by atoms with E-state index in [0.29, 0.717) is 5.82 Å². The van der Waals surface area contributed by atoms with E-state index in [1.165, 1.54) is 19.3 Å². The summed E-state index contributed by atoms with van der Waals surface area (Å²) >= 11 is 6.07. The molecule has 1 aromatic heterocycles. The van der Waals surface area contributed by atoms with E-state index >= 15 is 0 Å². The number of nitrogens with zero attached hydrogens (tertiary/aromatic N) is 2. The van der Waals surface area contributed by atoms with Crippen LogP contribution in [-0.2, 0) is 6.54 Å². The van der Waals surface area contributed by atoms with Crippen LogP contribution in [0.3, 0.4) is 0 Å². The summed E-state index contributed by atoms with van der Waals surface area (Å²) < 4.78 is 0. The SMILES string of the molecule is Nc1ccc(Cl)c(CN2CCCCC2)n1. The third kappa shape index (κ3) is 2.83. The van der Waals surface area contributed by atoms with Gasteiger partial charge in [-0.3, -0.25) is 4.90 Å². The monoisotopic (exact) mass is 225 g/mol. The van der Waals surface area contributed by atoms with Crippen molar-refractivity contribution in [2.75, 3.05) is 18.8 Å². The zero-order chi connectivity index (χ0) is 10.7. The number of pyridine rings is 1. The first-order valence-electron chi connectivity index (χ1n) is 5.39. The van der Waals surface area contributed by atoms with Gasteiger partial charge in [0, 0.05) is 6.54 Å². The third-order valence-electron chi connectivity index (χ3n) is 2.76. The van der Waals surface area contributed by atoms with Gasteiger partial charge in [0.15, 0.2) is 0 Å². The molecule has 1 fully saturated rings. The Morgan fingerprint density at radius 1 is 1.27 bits per heavy atom. The fourth-order valence-corrected chi connectivity index (χ4v) is 2.11. The molecule has 2 heterocycles. The average molecular weight is 226 g/mol. The summed E-state index contributed by atoms with van der Waals surface area (Å²) in [6.45, 7) is 3.11. The first kappa shape index (κ1) is 10.7. The molecule has 0 bridgehead atoms. The number of hydrogen-bond acceptors (Lipinski definition) is 3. The van der Waals surface area contributed by atoms with Crippen LogP contribution in [0.4, 0.5) is 5.82 Å². The van der Waals surface area contributed by atoms with Gasteiger partial charge < -0.3 is 5.73 Å². The van der Waals surface area contributed by atoms with Crippen LogP contribution in [0.15, 0.2) is 12.1 Å².